The maximum Gasteiger partial charge on any atom is 0.264 e. The third-order valence-electron chi connectivity index (χ3n) is 6.82. The molecular formula is C33H32Cl3N3O4S. The number of carbonyl (C=O) groups is 2. The van der Waals surface area contributed by atoms with Crippen molar-refractivity contribution < 1.29 is 18.0 Å². The van der Waals surface area contributed by atoms with Gasteiger partial charge >= 0.3 is 0 Å². The Labute approximate surface area is 273 Å². The van der Waals surface area contributed by atoms with E-state index in [1.807, 2.05) is 44.2 Å². The monoisotopic (exact) mass is 671 g/mol. The summed E-state index contributed by atoms with van der Waals surface area (Å²) in [5.74, 6) is -1.03. The molecule has 0 saturated heterocycles. The van der Waals surface area contributed by atoms with Crippen LogP contribution in [-0.4, -0.2) is 43.8 Å². The van der Waals surface area contributed by atoms with Crippen LogP contribution in [0.4, 0.5) is 5.69 Å². The van der Waals surface area contributed by atoms with Crippen LogP contribution in [0.1, 0.15) is 25.0 Å². The van der Waals surface area contributed by atoms with Crippen molar-refractivity contribution in [1.82, 2.24) is 10.2 Å². The Balaban J connectivity index is 1.83. The Morgan fingerprint density at radius 2 is 1.34 bits per heavy atom. The van der Waals surface area contributed by atoms with Crippen LogP contribution < -0.4 is 9.62 Å². The number of benzene rings is 4. The zero-order valence-electron chi connectivity index (χ0n) is 24.2. The predicted octanol–water partition coefficient (Wildman–Crippen LogP) is 7.01. The van der Waals surface area contributed by atoms with E-state index in [0.29, 0.717) is 20.6 Å². The van der Waals surface area contributed by atoms with Crippen molar-refractivity contribution in [2.45, 2.75) is 43.8 Å². The second-order valence-electron chi connectivity index (χ2n) is 10.4. The summed E-state index contributed by atoms with van der Waals surface area (Å²) in [4.78, 5) is 29.6. The van der Waals surface area contributed by atoms with Crippen LogP contribution in [0.2, 0.25) is 15.1 Å². The summed E-state index contributed by atoms with van der Waals surface area (Å²) in [6.45, 7) is 2.90. The molecule has 4 rings (SSSR count). The largest absolute Gasteiger partial charge is 0.352 e. The minimum Gasteiger partial charge on any atom is -0.352 e. The third kappa shape index (κ3) is 8.33. The average Bonchev–Trinajstić information content (AvgIpc) is 3.00. The standard InChI is InChI=1S/C33H32Cl3N3O4S/c1-23(2)37-33(41)31(20-24-10-5-3-6-11-24)38(21-28-29(35)14-9-15-30(28)36)32(40)22-39(26-18-16-25(34)17-19-26)44(42,43)27-12-7-4-8-13-27/h3-19,23,31H,20-22H2,1-2H3,(H,37,41)/t31-/m1/s1. The summed E-state index contributed by atoms with van der Waals surface area (Å²) in [5, 5.41) is 3.94. The average molecular weight is 673 g/mol. The number of halogens is 3. The van der Waals surface area contributed by atoms with Gasteiger partial charge in [0.15, 0.2) is 0 Å². The zero-order chi connectivity index (χ0) is 31.9. The zero-order valence-corrected chi connectivity index (χ0v) is 27.2. The summed E-state index contributed by atoms with van der Waals surface area (Å²) < 4.78 is 29.0. The Kier molecular flexibility index (Phi) is 11.3. The number of anilines is 1. The van der Waals surface area contributed by atoms with E-state index in [-0.39, 0.29) is 29.6 Å². The van der Waals surface area contributed by atoms with E-state index in [1.54, 1.807) is 48.5 Å². The van der Waals surface area contributed by atoms with Crippen molar-refractivity contribution in [3.63, 3.8) is 0 Å². The van der Waals surface area contributed by atoms with Crippen LogP contribution in [0.3, 0.4) is 0 Å². The first-order valence-corrected chi connectivity index (χ1v) is 16.4. The molecule has 1 atom stereocenters. The number of carbonyl (C=O) groups excluding carboxylic acids is 2. The molecular weight excluding hydrogens is 641 g/mol. The molecule has 0 heterocycles. The van der Waals surface area contributed by atoms with Crippen LogP contribution >= 0.6 is 34.8 Å². The van der Waals surface area contributed by atoms with E-state index in [2.05, 4.69) is 5.32 Å². The molecule has 4 aromatic carbocycles. The van der Waals surface area contributed by atoms with Crippen LogP contribution in [0.5, 0.6) is 0 Å². The molecule has 0 aliphatic carbocycles. The smallest absolute Gasteiger partial charge is 0.264 e. The molecule has 44 heavy (non-hydrogen) atoms. The Morgan fingerprint density at radius 1 is 0.773 bits per heavy atom. The highest BCUT2D eigenvalue weighted by molar-refractivity contribution is 7.92. The number of nitrogens with one attached hydrogen (secondary N) is 1. The molecule has 0 spiro atoms. The Morgan fingerprint density at radius 3 is 1.91 bits per heavy atom. The fourth-order valence-corrected chi connectivity index (χ4v) is 6.72. The van der Waals surface area contributed by atoms with Crippen LogP contribution in [0.15, 0.2) is 108 Å². The van der Waals surface area contributed by atoms with Crippen molar-refractivity contribution in [3.05, 3.63) is 129 Å². The number of hydrogen-bond donors (Lipinski definition) is 1. The van der Waals surface area contributed by atoms with E-state index in [4.69, 9.17) is 34.8 Å². The van der Waals surface area contributed by atoms with Gasteiger partial charge in [-0.15, -0.1) is 0 Å². The highest BCUT2D eigenvalue weighted by Crippen LogP contribution is 2.29. The van der Waals surface area contributed by atoms with Gasteiger partial charge in [-0.25, -0.2) is 8.42 Å². The highest BCUT2D eigenvalue weighted by atomic mass is 35.5. The van der Waals surface area contributed by atoms with E-state index < -0.39 is 34.4 Å². The lowest BCUT2D eigenvalue weighted by Crippen LogP contribution is -2.54. The van der Waals surface area contributed by atoms with Gasteiger partial charge in [-0.05, 0) is 67.9 Å². The second-order valence-corrected chi connectivity index (χ2v) is 13.5. The molecule has 0 aliphatic heterocycles. The van der Waals surface area contributed by atoms with Gasteiger partial charge in [-0.3, -0.25) is 13.9 Å². The molecule has 4 aromatic rings. The molecule has 0 bridgehead atoms. The predicted molar refractivity (Wildman–Crippen MR) is 177 cm³/mol. The minimum atomic E-state index is -4.22. The summed E-state index contributed by atoms with van der Waals surface area (Å²) in [6, 6.07) is 27.0. The Hall–Kier alpha value is -3.56. The van der Waals surface area contributed by atoms with E-state index in [0.717, 1.165) is 9.87 Å². The maximum atomic E-state index is 14.4. The number of sulfonamides is 1. The van der Waals surface area contributed by atoms with Gasteiger partial charge in [0.25, 0.3) is 10.0 Å². The third-order valence-corrected chi connectivity index (χ3v) is 9.57. The summed E-state index contributed by atoms with van der Waals surface area (Å²) in [5.41, 5.74) is 1.48. The van der Waals surface area contributed by atoms with Gasteiger partial charge in [0, 0.05) is 39.6 Å². The van der Waals surface area contributed by atoms with Crippen molar-refractivity contribution in [2.75, 3.05) is 10.8 Å². The molecule has 7 nitrogen and oxygen atoms in total. The molecule has 0 unspecified atom stereocenters. The molecule has 0 saturated carbocycles. The quantitative estimate of drug-likeness (QED) is 0.176. The van der Waals surface area contributed by atoms with Crippen LogP contribution in [-0.2, 0) is 32.6 Å². The van der Waals surface area contributed by atoms with Gasteiger partial charge in [0.05, 0.1) is 10.6 Å². The van der Waals surface area contributed by atoms with Gasteiger partial charge in [-0.1, -0.05) is 89.4 Å². The second kappa shape index (κ2) is 14.9. The first-order chi connectivity index (χ1) is 21.0. The minimum absolute atomic E-state index is 0.00170. The molecule has 1 N–H and O–H groups in total. The summed E-state index contributed by atoms with van der Waals surface area (Å²) >= 11 is 19.2. The molecule has 0 aliphatic rings. The molecule has 230 valence electrons. The van der Waals surface area contributed by atoms with Crippen LogP contribution in [0, 0.1) is 0 Å². The fraction of sp³-hybridized carbons (Fsp3) is 0.212. The van der Waals surface area contributed by atoms with Crippen LogP contribution in [0.25, 0.3) is 0 Å². The van der Waals surface area contributed by atoms with E-state index in [1.165, 1.54) is 29.2 Å². The summed E-state index contributed by atoms with van der Waals surface area (Å²) in [7, 11) is -4.22. The summed E-state index contributed by atoms with van der Waals surface area (Å²) in [6.07, 6.45) is 0.166. The van der Waals surface area contributed by atoms with Crippen molar-refractivity contribution in [2.24, 2.45) is 0 Å². The van der Waals surface area contributed by atoms with E-state index >= 15 is 0 Å². The molecule has 2 amide bonds. The van der Waals surface area contributed by atoms with Gasteiger partial charge in [0.2, 0.25) is 11.8 Å². The van der Waals surface area contributed by atoms with Crippen molar-refractivity contribution in [1.29, 1.82) is 0 Å². The van der Waals surface area contributed by atoms with E-state index in [9.17, 15) is 18.0 Å². The fourth-order valence-electron chi connectivity index (χ4n) is 4.64. The van der Waals surface area contributed by atoms with Gasteiger partial charge in [0.1, 0.15) is 12.6 Å². The lowest BCUT2D eigenvalue weighted by atomic mass is 10.0. The first kappa shape index (κ1) is 33.3. The maximum absolute atomic E-state index is 14.4. The number of nitrogens with zero attached hydrogens (tertiary/aromatic N) is 2. The lowest BCUT2D eigenvalue weighted by molar-refractivity contribution is -0.140. The Bertz CT molecular complexity index is 1670. The number of hydrogen-bond acceptors (Lipinski definition) is 4. The first-order valence-electron chi connectivity index (χ1n) is 13.9. The number of rotatable bonds is 12. The molecule has 0 radical (unpaired) electrons. The van der Waals surface area contributed by atoms with Gasteiger partial charge in [-0.2, -0.15) is 0 Å². The molecule has 11 heteroatoms. The number of amides is 2. The molecule has 0 fully saturated rings. The topological polar surface area (TPSA) is 86.8 Å². The highest BCUT2D eigenvalue weighted by Gasteiger charge is 2.35. The lowest BCUT2D eigenvalue weighted by Gasteiger charge is -2.34. The van der Waals surface area contributed by atoms with Gasteiger partial charge < -0.3 is 10.2 Å². The van der Waals surface area contributed by atoms with Crippen molar-refractivity contribution >= 4 is 62.3 Å². The SMILES string of the molecule is CC(C)NC(=O)[C@@H](Cc1ccccc1)N(Cc1c(Cl)cccc1Cl)C(=O)CN(c1ccc(Cl)cc1)S(=O)(=O)c1ccccc1. The normalized spacial score (nSPS) is 12.0. The molecule has 0 aromatic heterocycles. The van der Waals surface area contributed by atoms with Crippen molar-refractivity contribution in [3.8, 4) is 0 Å².